The van der Waals surface area contributed by atoms with Crippen LogP contribution in [0.5, 0.6) is 0 Å². The average molecular weight is 416 g/mol. The molecular formula is C25H21FN2O3. The van der Waals surface area contributed by atoms with Crippen LogP contribution in [-0.4, -0.2) is 17.9 Å². The van der Waals surface area contributed by atoms with Crippen molar-refractivity contribution < 1.29 is 18.8 Å². The highest BCUT2D eigenvalue weighted by molar-refractivity contribution is 6.23. The fraction of sp³-hybridized carbons (Fsp3) is 0.200. The van der Waals surface area contributed by atoms with E-state index in [2.05, 4.69) is 6.92 Å². The van der Waals surface area contributed by atoms with Gasteiger partial charge in [-0.05, 0) is 53.9 Å². The first-order valence-corrected chi connectivity index (χ1v) is 10.3. The Morgan fingerprint density at radius 1 is 0.839 bits per heavy atom. The van der Waals surface area contributed by atoms with Crippen molar-refractivity contribution in [3.8, 4) is 0 Å². The number of rotatable bonds is 4. The molecule has 2 aliphatic heterocycles. The van der Waals surface area contributed by atoms with Crippen molar-refractivity contribution in [2.45, 2.75) is 25.5 Å². The molecule has 5 rings (SSSR count). The first-order valence-electron chi connectivity index (χ1n) is 10.3. The van der Waals surface area contributed by atoms with Crippen LogP contribution in [0, 0.1) is 11.7 Å². The molecule has 0 radical (unpaired) electrons. The molecule has 31 heavy (non-hydrogen) atoms. The molecule has 0 unspecified atom stereocenters. The fourth-order valence-electron chi connectivity index (χ4n) is 4.35. The van der Waals surface area contributed by atoms with Crippen LogP contribution in [-0.2, 0) is 20.8 Å². The summed E-state index contributed by atoms with van der Waals surface area (Å²) in [5, 5.41) is 1.67. The van der Waals surface area contributed by atoms with Crippen LogP contribution < -0.4 is 9.96 Å². The molecule has 0 aromatic heterocycles. The van der Waals surface area contributed by atoms with E-state index in [0.29, 0.717) is 5.69 Å². The monoisotopic (exact) mass is 416 g/mol. The van der Waals surface area contributed by atoms with E-state index < -0.39 is 29.8 Å². The summed E-state index contributed by atoms with van der Waals surface area (Å²) in [5.41, 5.74) is 3.21. The van der Waals surface area contributed by atoms with Gasteiger partial charge in [-0.1, -0.05) is 49.4 Å². The Morgan fingerprint density at radius 2 is 1.52 bits per heavy atom. The largest absolute Gasteiger partial charge is 0.273 e. The lowest BCUT2D eigenvalue weighted by Gasteiger charge is -2.28. The average Bonchev–Trinajstić information content (AvgIpc) is 3.31. The van der Waals surface area contributed by atoms with E-state index in [1.807, 2.05) is 54.6 Å². The second kappa shape index (κ2) is 7.63. The van der Waals surface area contributed by atoms with Crippen molar-refractivity contribution in [3.63, 3.8) is 0 Å². The molecule has 0 spiro atoms. The maximum Gasteiger partial charge on any atom is 0.266 e. The van der Waals surface area contributed by atoms with Crippen LogP contribution in [0.25, 0.3) is 0 Å². The van der Waals surface area contributed by atoms with Crippen molar-refractivity contribution in [2.24, 2.45) is 5.92 Å². The summed E-state index contributed by atoms with van der Waals surface area (Å²) in [6.07, 6.45) is -0.0281. The Balaban J connectivity index is 1.57. The number of amides is 2. The van der Waals surface area contributed by atoms with E-state index in [4.69, 9.17) is 4.84 Å². The molecule has 2 fully saturated rings. The van der Waals surface area contributed by atoms with Crippen LogP contribution in [0.2, 0.25) is 0 Å². The summed E-state index contributed by atoms with van der Waals surface area (Å²) in [6, 6.07) is 22.4. The molecule has 3 atom stereocenters. The number of hydrogen-bond acceptors (Lipinski definition) is 4. The molecule has 2 amide bonds. The molecule has 0 N–H and O–H groups in total. The van der Waals surface area contributed by atoms with E-state index in [0.717, 1.165) is 22.6 Å². The van der Waals surface area contributed by atoms with Gasteiger partial charge in [0.1, 0.15) is 11.7 Å². The second-order valence-corrected chi connectivity index (χ2v) is 7.74. The standard InChI is InChI=1S/C25H21FN2O3/c1-2-16-8-10-17(11-9-16)22-21-23(31-28(22)20-6-4-3-5-7-20)25(30)27(24(21)29)19-14-12-18(26)13-15-19/h3-15,21-23H,2H2,1H3/t21-,22+,23+/m0/s1. The quantitative estimate of drug-likeness (QED) is 0.590. The summed E-state index contributed by atoms with van der Waals surface area (Å²) < 4.78 is 13.4. The van der Waals surface area contributed by atoms with Crippen molar-refractivity contribution in [1.29, 1.82) is 0 Å². The van der Waals surface area contributed by atoms with Crippen LogP contribution in [0.1, 0.15) is 24.1 Å². The zero-order chi connectivity index (χ0) is 21.5. The number of benzene rings is 3. The summed E-state index contributed by atoms with van der Waals surface area (Å²) >= 11 is 0. The van der Waals surface area contributed by atoms with Crippen molar-refractivity contribution in [2.75, 3.05) is 9.96 Å². The minimum absolute atomic E-state index is 0.343. The molecule has 0 saturated carbocycles. The topological polar surface area (TPSA) is 49.9 Å². The molecular weight excluding hydrogens is 395 g/mol. The molecule has 2 heterocycles. The first kappa shape index (κ1) is 19.5. The predicted octanol–water partition coefficient (Wildman–Crippen LogP) is 4.44. The van der Waals surface area contributed by atoms with Crippen LogP contribution in [0.4, 0.5) is 15.8 Å². The zero-order valence-corrected chi connectivity index (χ0v) is 16.9. The first-order chi connectivity index (χ1) is 15.1. The van der Waals surface area contributed by atoms with Gasteiger partial charge >= 0.3 is 0 Å². The van der Waals surface area contributed by atoms with E-state index in [1.165, 1.54) is 29.8 Å². The van der Waals surface area contributed by atoms with Gasteiger partial charge in [-0.2, -0.15) is 0 Å². The highest BCUT2D eigenvalue weighted by atomic mass is 19.1. The van der Waals surface area contributed by atoms with Crippen molar-refractivity contribution in [3.05, 3.63) is 95.8 Å². The normalized spacial score (nSPS) is 22.8. The third-order valence-corrected chi connectivity index (χ3v) is 5.94. The number of anilines is 2. The minimum atomic E-state index is -0.936. The molecule has 3 aromatic carbocycles. The number of imide groups is 1. The lowest BCUT2D eigenvalue weighted by molar-refractivity contribution is -0.126. The Kier molecular flexibility index (Phi) is 4.79. The van der Waals surface area contributed by atoms with E-state index in [9.17, 15) is 14.0 Å². The number of carbonyl (C=O) groups excluding carboxylic acids is 2. The highest BCUT2D eigenvalue weighted by Crippen LogP contribution is 2.47. The smallest absolute Gasteiger partial charge is 0.266 e. The van der Waals surface area contributed by atoms with Gasteiger partial charge in [0.15, 0.2) is 6.10 Å². The summed E-state index contributed by atoms with van der Waals surface area (Å²) in [6.45, 7) is 2.08. The van der Waals surface area contributed by atoms with E-state index in [1.54, 1.807) is 5.06 Å². The number of aryl methyl sites for hydroxylation is 1. The minimum Gasteiger partial charge on any atom is -0.273 e. The van der Waals surface area contributed by atoms with Gasteiger partial charge in [0, 0.05) is 0 Å². The van der Waals surface area contributed by atoms with Crippen molar-refractivity contribution in [1.82, 2.24) is 0 Å². The number of hydrogen-bond donors (Lipinski definition) is 0. The lowest BCUT2D eigenvalue weighted by Crippen LogP contribution is -2.37. The molecule has 156 valence electrons. The number of para-hydroxylation sites is 1. The van der Waals surface area contributed by atoms with Gasteiger partial charge in [0.05, 0.1) is 17.4 Å². The predicted molar refractivity (Wildman–Crippen MR) is 115 cm³/mol. The van der Waals surface area contributed by atoms with Gasteiger partial charge < -0.3 is 0 Å². The maximum atomic E-state index is 13.5. The maximum absolute atomic E-state index is 13.5. The molecule has 2 aliphatic rings. The zero-order valence-electron chi connectivity index (χ0n) is 16.9. The number of fused-ring (bicyclic) bond motifs is 1. The van der Waals surface area contributed by atoms with E-state index >= 15 is 0 Å². The third-order valence-electron chi connectivity index (χ3n) is 5.94. The summed E-state index contributed by atoms with van der Waals surface area (Å²) in [5.74, 6) is -1.91. The fourth-order valence-corrected chi connectivity index (χ4v) is 4.35. The number of hydroxylamine groups is 1. The van der Waals surface area contributed by atoms with Crippen LogP contribution in [0.15, 0.2) is 78.9 Å². The summed E-state index contributed by atoms with van der Waals surface area (Å²) in [4.78, 5) is 33.9. The SMILES string of the molecule is CCc1ccc([C@@H]2[C@@H]3C(=O)N(c4ccc(F)cc4)C(=O)[C@@H]3ON2c2ccccc2)cc1. The molecule has 3 aromatic rings. The number of carbonyl (C=O) groups is 2. The van der Waals surface area contributed by atoms with Gasteiger partial charge in [-0.3, -0.25) is 14.4 Å². The summed E-state index contributed by atoms with van der Waals surface area (Å²) in [7, 11) is 0. The Bertz CT molecular complexity index is 1120. The molecule has 0 bridgehead atoms. The van der Waals surface area contributed by atoms with Gasteiger partial charge in [-0.25, -0.2) is 14.4 Å². The Labute approximate surface area is 179 Å². The lowest BCUT2D eigenvalue weighted by atomic mass is 9.90. The molecule has 2 saturated heterocycles. The van der Waals surface area contributed by atoms with E-state index in [-0.39, 0.29) is 5.91 Å². The highest BCUT2D eigenvalue weighted by Gasteiger charge is 2.60. The second-order valence-electron chi connectivity index (χ2n) is 7.74. The third kappa shape index (κ3) is 3.20. The van der Waals surface area contributed by atoms with Crippen molar-refractivity contribution >= 4 is 23.2 Å². The van der Waals surface area contributed by atoms with Gasteiger partial charge in [0.25, 0.3) is 5.91 Å². The number of nitrogens with zero attached hydrogens (tertiary/aromatic N) is 2. The Hall–Kier alpha value is -3.51. The van der Waals surface area contributed by atoms with Gasteiger partial charge in [-0.15, -0.1) is 0 Å². The van der Waals surface area contributed by atoms with Crippen LogP contribution in [0.3, 0.4) is 0 Å². The molecule has 6 heteroatoms. The molecule has 5 nitrogen and oxygen atoms in total. The molecule has 0 aliphatic carbocycles. The van der Waals surface area contributed by atoms with Crippen LogP contribution >= 0.6 is 0 Å². The number of halogens is 1. The van der Waals surface area contributed by atoms with Gasteiger partial charge in [0.2, 0.25) is 5.91 Å². The Morgan fingerprint density at radius 3 is 2.16 bits per heavy atom.